The molecule has 0 spiro atoms. The summed E-state index contributed by atoms with van der Waals surface area (Å²) in [6, 6.07) is 9.92. The Labute approximate surface area is 119 Å². The number of nitrogens with one attached hydrogen (secondary N) is 1. The fourth-order valence-electron chi connectivity index (χ4n) is 2.24. The van der Waals surface area contributed by atoms with Crippen LogP contribution in [0.15, 0.2) is 24.3 Å². The summed E-state index contributed by atoms with van der Waals surface area (Å²) in [6.45, 7) is 1.96. The summed E-state index contributed by atoms with van der Waals surface area (Å²) in [5.74, 6) is 2.11. The summed E-state index contributed by atoms with van der Waals surface area (Å²) in [4.78, 5) is 0. The van der Waals surface area contributed by atoms with E-state index in [2.05, 4.69) is 17.1 Å². The zero-order valence-electron chi connectivity index (χ0n) is 11.1. The molecule has 1 aliphatic heterocycles. The Morgan fingerprint density at radius 3 is 3.05 bits per heavy atom. The third-order valence-electron chi connectivity index (χ3n) is 3.23. The van der Waals surface area contributed by atoms with E-state index in [-0.39, 0.29) is 6.61 Å². The molecule has 1 fully saturated rings. The van der Waals surface area contributed by atoms with Crippen LogP contribution in [0.25, 0.3) is 0 Å². The van der Waals surface area contributed by atoms with Crippen LogP contribution in [-0.4, -0.2) is 24.2 Å². The Kier molecular flexibility index (Phi) is 6.06. The van der Waals surface area contributed by atoms with Gasteiger partial charge in [-0.05, 0) is 24.7 Å². The molecule has 0 saturated carbocycles. The molecule has 1 heterocycles. The Morgan fingerprint density at radius 2 is 2.26 bits per heavy atom. The van der Waals surface area contributed by atoms with E-state index in [1.54, 1.807) is 0 Å². The number of ether oxygens (including phenoxy) is 1. The molecule has 1 unspecified atom stereocenters. The fraction of sp³-hybridized carbons (Fsp3) is 0.533. The minimum Gasteiger partial charge on any atom is -0.478 e. The van der Waals surface area contributed by atoms with E-state index in [0.717, 1.165) is 29.7 Å². The maximum atomic E-state index is 8.57. The topological polar surface area (TPSA) is 45.0 Å². The van der Waals surface area contributed by atoms with Gasteiger partial charge in [0.15, 0.2) is 6.61 Å². The van der Waals surface area contributed by atoms with Gasteiger partial charge in [0, 0.05) is 23.9 Å². The molecule has 3 nitrogen and oxygen atoms in total. The molecule has 0 aromatic heterocycles. The summed E-state index contributed by atoms with van der Waals surface area (Å²) in [6.07, 6.45) is 4.05. The molecule has 1 aliphatic rings. The first-order chi connectivity index (χ1) is 9.40. The zero-order valence-corrected chi connectivity index (χ0v) is 11.9. The van der Waals surface area contributed by atoms with Crippen molar-refractivity contribution in [2.24, 2.45) is 0 Å². The number of para-hydroxylation sites is 1. The maximum absolute atomic E-state index is 8.57. The molecule has 102 valence electrons. The van der Waals surface area contributed by atoms with E-state index in [0.29, 0.717) is 0 Å². The van der Waals surface area contributed by atoms with Crippen LogP contribution < -0.4 is 10.1 Å². The molecule has 19 heavy (non-hydrogen) atoms. The largest absolute Gasteiger partial charge is 0.478 e. The van der Waals surface area contributed by atoms with E-state index in [4.69, 9.17) is 10.00 Å². The summed E-state index contributed by atoms with van der Waals surface area (Å²) in [7, 11) is 0. The fourth-order valence-corrected chi connectivity index (χ4v) is 3.51. The molecule has 1 aromatic rings. The maximum Gasteiger partial charge on any atom is 0.174 e. The van der Waals surface area contributed by atoms with Crippen LogP contribution in [0.2, 0.25) is 0 Å². The molecular weight excluding hydrogens is 256 g/mol. The molecule has 1 N–H and O–H groups in total. The normalized spacial score (nSPS) is 18.8. The lowest BCUT2D eigenvalue weighted by atomic mass is 10.1. The number of hydrogen-bond acceptors (Lipinski definition) is 4. The predicted octanol–water partition coefficient (Wildman–Crippen LogP) is 2.96. The highest BCUT2D eigenvalue weighted by Crippen LogP contribution is 2.24. The first-order valence-electron chi connectivity index (χ1n) is 6.80. The van der Waals surface area contributed by atoms with Crippen molar-refractivity contribution in [1.82, 2.24) is 5.32 Å². The second kappa shape index (κ2) is 8.08. The molecule has 0 bridgehead atoms. The van der Waals surface area contributed by atoms with Crippen LogP contribution in [0, 0.1) is 11.3 Å². The van der Waals surface area contributed by atoms with Crippen molar-refractivity contribution in [3.63, 3.8) is 0 Å². The molecule has 0 amide bonds. The van der Waals surface area contributed by atoms with Crippen molar-refractivity contribution in [3.8, 4) is 11.8 Å². The minimum atomic E-state index is 0.107. The van der Waals surface area contributed by atoms with E-state index >= 15 is 0 Å². The van der Waals surface area contributed by atoms with Gasteiger partial charge in [0.05, 0.1) is 0 Å². The number of benzene rings is 1. The quantitative estimate of drug-likeness (QED) is 0.867. The summed E-state index contributed by atoms with van der Waals surface area (Å²) >= 11 is 2.08. The molecule has 4 heteroatoms. The van der Waals surface area contributed by atoms with Crippen LogP contribution in [0.5, 0.6) is 5.75 Å². The second-order valence-corrected chi connectivity index (χ2v) is 6.08. The minimum absolute atomic E-state index is 0.107. The van der Waals surface area contributed by atoms with Gasteiger partial charge in [0.2, 0.25) is 0 Å². The molecule has 1 saturated heterocycles. The van der Waals surface area contributed by atoms with Crippen molar-refractivity contribution in [3.05, 3.63) is 29.8 Å². The van der Waals surface area contributed by atoms with E-state index in [1.807, 2.05) is 30.3 Å². The first-order valence-corrected chi connectivity index (χ1v) is 7.85. The second-order valence-electron chi connectivity index (χ2n) is 4.67. The average Bonchev–Trinajstić information content (AvgIpc) is 2.47. The Morgan fingerprint density at radius 1 is 1.37 bits per heavy atom. The monoisotopic (exact) mass is 276 g/mol. The standard InChI is InChI=1S/C15H20N2OS/c16-8-9-18-15-7-2-1-5-13(15)11-17-12-14-6-3-4-10-19-14/h1-2,5,7,14,17H,3-4,6,9-12H2. The summed E-state index contributed by atoms with van der Waals surface area (Å²) in [5, 5.41) is 12.8. The van der Waals surface area contributed by atoms with E-state index < -0.39 is 0 Å². The van der Waals surface area contributed by atoms with Crippen molar-refractivity contribution in [2.45, 2.75) is 31.1 Å². The summed E-state index contributed by atoms with van der Waals surface area (Å²) < 4.78 is 5.42. The highest BCUT2D eigenvalue weighted by molar-refractivity contribution is 7.99. The molecule has 0 radical (unpaired) electrons. The molecule has 1 atom stereocenters. The third-order valence-corrected chi connectivity index (χ3v) is 4.62. The van der Waals surface area contributed by atoms with Crippen molar-refractivity contribution < 1.29 is 4.74 Å². The van der Waals surface area contributed by atoms with Gasteiger partial charge in [-0.1, -0.05) is 24.6 Å². The van der Waals surface area contributed by atoms with Crippen LogP contribution in [0.1, 0.15) is 24.8 Å². The van der Waals surface area contributed by atoms with Crippen LogP contribution >= 0.6 is 11.8 Å². The lowest BCUT2D eigenvalue weighted by Gasteiger charge is -2.21. The number of thioether (sulfide) groups is 1. The molecular formula is C15H20N2OS. The van der Waals surface area contributed by atoms with E-state index in [1.165, 1.54) is 25.0 Å². The van der Waals surface area contributed by atoms with Crippen LogP contribution in [-0.2, 0) is 6.54 Å². The van der Waals surface area contributed by atoms with Gasteiger partial charge < -0.3 is 10.1 Å². The zero-order chi connectivity index (χ0) is 13.3. The lowest BCUT2D eigenvalue weighted by molar-refractivity contribution is 0.362. The Balaban J connectivity index is 1.79. The molecule has 1 aromatic carbocycles. The predicted molar refractivity (Wildman–Crippen MR) is 79.4 cm³/mol. The number of nitriles is 1. The number of hydrogen-bond donors (Lipinski definition) is 1. The van der Waals surface area contributed by atoms with Gasteiger partial charge in [-0.2, -0.15) is 17.0 Å². The number of nitrogens with zero attached hydrogens (tertiary/aromatic N) is 1. The van der Waals surface area contributed by atoms with Crippen LogP contribution in [0.3, 0.4) is 0 Å². The highest BCUT2D eigenvalue weighted by Gasteiger charge is 2.13. The van der Waals surface area contributed by atoms with Crippen LogP contribution in [0.4, 0.5) is 0 Å². The van der Waals surface area contributed by atoms with Crippen molar-refractivity contribution in [1.29, 1.82) is 5.26 Å². The summed E-state index contributed by atoms with van der Waals surface area (Å²) in [5.41, 5.74) is 1.12. The Hall–Kier alpha value is -1.18. The lowest BCUT2D eigenvalue weighted by Crippen LogP contribution is -2.26. The van der Waals surface area contributed by atoms with Crippen molar-refractivity contribution >= 4 is 11.8 Å². The Bertz CT molecular complexity index is 424. The van der Waals surface area contributed by atoms with Crippen molar-refractivity contribution in [2.75, 3.05) is 18.9 Å². The van der Waals surface area contributed by atoms with Gasteiger partial charge in [-0.15, -0.1) is 0 Å². The third kappa shape index (κ3) is 4.77. The SMILES string of the molecule is N#CCOc1ccccc1CNCC1CCCCS1. The van der Waals surface area contributed by atoms with Gasteiger partial charge >= 0.3 is 0 Å². The molecule has 2 rings (SSSR count). The average molecular weight is 276 g/mol. The molecule has 0 aliphatic carbocycles. The van der Waals surface area contributed by atoms with Gasteiger partial charge in [0.1, 0.15) is 11.8 Å². The smallest absolute Gasteiger partial charge is 0.174 e. The van der Waals surface area contributed by atoms with Gasteiger partial charge in [-0.3, -0.25) is 0 Å². The first kappa shape index (κ1) is 14.2. The number of rotatable bonds is 6. The van der Waals surface area contributed by atoms with E-state index in [9.17, 15) is 0 Å². The highest BCUT2D eigenvalue weighted by atomic mass is 32.2. The van der Waals surface area contributed by atoms with Gasteiger partial charge in [-0.25, -0.2) is 0 Å². The van der Waals surface area contributed by atoms with Gasteiger partial charge in [0.25, 0.3) is 0 Å².